The molecule has 0 aliphatic carbocycles. The highest BCUT2D eigenvalue weighted by Crippen LogP contribution is 2.10. The van der Waals surface area contributed by atoms with Crippen LogP contribution >= 0.6 is 0 Å². The lowest BCUT2D eigenvalue weighted by atomic mass is 10.1. The summed E-state index contributed by atoms with van der Waals surface area (Å²) in [6.45, 7) is 6.99. The molecular weight excluding hydrogens is 304 g/mol. The van der Waals surface area contributed by atoms with Gasteiger partial charge in [-0.3, -0.25) is 0 Å². The number of hydrogen-bond donors (Lipinski definition) is 0. The molecule has 0 unspecified atom stereocenters. The van der Waals surface area contributed by atoms with Gasteiger partial charge >= 0.3 is 0 Å². The summed E-state index contributed by atoms with van der Waals surface area (Å²) >= 11 is 0. The van der Waals surface area contributed by atoms with E-state index in [4.69, 9.17) is 0 Å². The predicted molar refractivity (Wildman–Crippen MR) is 115 cm³/mol. The second kappa shape index (κ2) is 20.7. The Balaban J connectivity index is 3.35. The summed E-state index contributed by atoms with van der Waals surface area (Å²) in [5.41, 5.74) is 4.98. The summed E-state index contributed by atoms with van der Waals surface area (Å²) in [7, 11) is -0.359. The molecule has 1 radical (unpaired) electrons. The molecule has 0 aromatic rings. The normalized spacial score (nSPS) is 12.2. The Morgan fingerprint density at radius 3 is 1.21 bits per heavy atom. The van der Waals surface area contributed by atoms with E-state index in [0.29, 0.717) is 0 Å². The molecular formula is C23H45Si. The minimum absolute atomic E-state index is 0.359. The molecule has 0 rings (SSSR count). The van der Waals surface area contributed by atoms with Crippen LogP contribution in [-0.2, 0) is 0 Å². The molecule has 0 atom stereocenters. The molecule has 0 saturated carbocycles. The highest BCUT2D eigenvalue weighted by atomic mass is 28.3. The van der Waals surface area contributed by atoms with Crippen LogP contribution < -0.4 is 0 Å². The molecule has 0 aromatic heterocycles. The maximum Gasteiger partial charge on any atom is 0.0991 e. The molecule has 24 heavy (non-hydrogen) atoms. The molecule has 0 aromatic carbocycles. The van der Waals surface area contributed by atoms with Gasteiger partial charge in [-0.1, -0.05) is 121 Å². The fourth-order valence-corrected chi connectivity index (χ4v) is 4.22. The van der Waals surface area contributed by atoms with Crippen molar-refractivity contribution < 1.29 is 0 Å². The van der Waals surface area contributed by atoms with Gasteiger partial charge < -0.3 is 0 Å². The second-order valence-electron chi connectivity index (χ2n) is 7.37. The van der Waals surface area contributed by atoms with Crippen LogP contribution in [0.1, 0.15) is 117 Å². The van der Waals surface area contributed by atoms with Crippen molar-refractivity contribution in [3.05, 3.63) is 23.6 Å². The van der Waals surface area contributed by atoms with Crippen molar-refractivity contribution >= 4 is 8.80 Å². The Bertz CT molecular complexity index is 252. The van der Waals surface area contributed by atoms with Gasteiger partial charge in [-0.05, 0) is 25.7 Å². The van der Waals surface area contributed by atoms with Crippen LogP contribution in [0.5, 0.6) is 0 Å². The topological polar surface area (TPSA) is 0 Å². The Morgan fingerprint density at radius 2 is 0.833 bits per heavy atom. The van der Waals surface area contributed by atoms with Crippen LogP contribution in [0.2, 0.25) is 6.55 Å². The number of hydrogen-bond acceptors (Lipinski definition) is 0. The molecule has 0 amide bonds. The van der Waals surface area contributed by atoms with Crippen molar-refractivity contribution in [2.75, 3.05) is 0 Å². The van der Waals surface area contributed by atoms with E-state index in [1.54, 1.807) is 0 Å². The number of allylic oxidation sites excluding steroid dienone is 2. The van der Waals surface area contributed by atoms with E-state index in [2.05, 4.69) is 43.9 Å². The van der Waals surface area contributed by atoms with Crippen molar-refractivity contribution in [3.63, 3.8) is 0 Å². The van der Waals surface area contributed by atoms with Crippen LogP contribution in [0.15, 0.2) is 23.6 Å². The third-order valence-corrected chi connectivity index (χ3v) is 6.23. The average Bonchev–Trinajstić information content (AvgIpc) is 2.59. The van der Waals surface area contributed by atoms with E-state index in [9.17, 15) is 0 Å². The Morgan fingerprint density at radius 1 is 0.500 bits per heavy atom. The van der Waals surface area contributed by atoms with Crippen molar-refractivity contribution in [1.82, 2.24) is 0 Å². The quantitative estimate of drug-likeness (QED) is 0.172. The van der Waals surface area contributed by atoms with Crippen LogP contribution in [0.3, 0.4) is 0 Å². The lowest BCUT2D eigenvalue weighted by molar-refractivity contribution is 0.592. The van der Waals surface area contributed by atoms with E-state index in [0.717, 1.165) is 0 Å². The molecule has 0 fully saturated rings. The maximum absolute atomic E-state index is 2.49. The third-order valence-electron chi connectivity index (χ3n) is 4.71. The molecule has 0 nitrogen and oxygen atoms in total. The van der Waals surface area contributed by atoms with Gasteiger partial charge in [0.25, 0.3) is 0 Å². The SMILES string of the molecule is CCCCCCCCCC=C[Si](C)C=CCCCCCCCCC. The molecule has 0 bridgehead atoms. The third kappa shape index (κ3) is 19.7. The number of unbranched alkanes of at least 4 members (excludes halogenated alkanes) is 14. The molecule has 0 heterocycles. The van der Waals surface area contributed by atoms with Crippen LogP contribution in [0.4, 0.5) is 0 Å². The van der Waals surface area contributed by atoms with Gasteiger partial charge in [-0.2, -0.15) is 0 Å². The first kappa shape index (κ1) is 23.7. The van der Waals surface area contributed by atoms with Gasteiger partial charge in [0.05, 0.1) is 8.80 Å². The van der Waals surface area contributed by atoms with Crippen LogP contribution in [0, 0.1) is 0 Å². The van der Waals surface area contributed by atoms with Crippen molar-refractivity contribution in [3.8, 4) is 0 Å². The zero-order chi connectivity index (χ0) is 17.7. The lowest BCUT2D eigenvalue weighted by Crippen LogP contribution is -1.97. The molecule has 0 spiro atoms. The first-order chi connectivity index (χ1) is 11.8. The van der Waals surface area contributed by atoms with E-state index in [1.807, 2.05) is 0 Å². The first-order valence-electron chi connectivity index (χ1n) is 11.0. The van der Waals surface area contributed by atoms with Crippen LogP contribution in [-0.4, -0.2) is 8.80 Å². The lowest BCUT2D eigenvalue weighted by Gasteiger charge is -2.00. The van der Waals surface area contributed by atoms with Gasteiger partial charge in [0.2, 0.25) is 0 Å². The zero-order valence-electron chi connectivity index (χ0n) is 17.1. The predicted octanol–water partition coefficient (Wildman–Crippen LogP) is 8.58. The van der Waals surface area contributed by atoms with Crippen LogP contribution in [0.25, 0.3) is 0 Å². The van der Waals surface area contributed by atoms with Crippen molar-refractivity contribution in [2.24, 2.45) is 0 Å². The van der Waals surface area contributed by atoms with E-state index in [1.165, 1.54) is 103 Å². The first-order valence-corrected chi connectivity index (χ1v) is 13.1. The summed E-state index contributed by atoms with van der Waals surface area (Å²) in [4.78, 5) is 0. The minimum atomic E-state index is -0.359. The summed E-state index contributed by atoms with van der Waals surface area (Å²) in [6.07, 6.45) is 27.3. The molecule has 0 saturated heterocycles. The molecule has 1 heteroatoms. The highest BCUT2D eigenvalue weighted by Gasteiger charge is 1.94. The molecule has 141 valence electrons. The molecule has 0 aliphatic rings. The average molecular weight is 350 g/mol. The van der Waals surface area contributed by atoms with Gasteiger partial charge in [0.15, 0.2) is 0 Å². The highest BCUT2D eigenvalue weighted by molar-refractivity contribution is 6.68. The fourth-order valence-electron chi connectivity index (χ4n) is 3.03. The largest absolute Gasteiger partial charge is 0.0991 e. The monoisotopic (exact) mass is 349 g/mol. The standard InChI is InChI=1S/C23H45Si/c1-4-6-8-10-12-14-16-18-20-22-24(3)23-21-19-17-15-13-11-9-7-5-2/h20-23H,4-19H2,1-3H3. The Kier molecular flexibility index (Phi) is 20.5. The number of rotatable bonds is 18. The molecule has 0 N–H and O–H groups in total. The minimum Gasteiger partial charge on any atom is -0.0962 e. The summed E-state index contributed by atoms with van der Waals surface area (Å²) in [6, 6.07) is 0. The maximum atomic E-state index is 2.49. The smallest absolute Gasteiger partial charge is 0.0962 e. The Labute approximate surface area is 155 Å². The second-order valence-corrected chi connectivity index (χ2v) is 9.52. The van der Waals surface area contributed by atoms with Gasteiger partial charge in [0.1, 0.15) is 0 Å². The van der Waals surface area contributed by atoms with Gasteiger partial charge in [-0.25, -0.2) is 0 Å². The molecule has 0 aliphatic heterocycles. The van der Waals surface area contributed by atoms with Gasteiger partial charge in [0, 0.05) is 0 Å². The van der Waals surface area contributed by atoms with Crippen molar-refractivity contribution in [1.29, 1.82) is 0 Å². The Hall–Kier alpha value is -0.303. The summed E-state index contributed by atoms with van der Waals surface area (Å²) < 4.78 is 0. The van der Waals surface area contributed by atoms with Gasteiger partial charge in [-0.15, -0.1) is 0 Å². The zero-order valence-corrected chi connectivity index (χ0v) is 18.1. The summed E-state index contributed by atoms with van der Waals surface area (Å²) in [5.74, 6) is 0. The van der Waals surface area contributed by atoms with E-state index in [-0.39, 0.29) is 8.80 Å². The van der Waals surface area contributed by atoms with E-state index >= 15 is 0 Å². The van der Waals surface area contributed by atoms with Crippen molar-refractivity contribution in [2.45, 2.75) is 123 Å². The summed E-state index contributed by atoms with van der Waals surface area (Å²) in [5, 5.41) is 0. The fraction of sp³-hybridized carbons (Fsp3) is 0.826. The van der Waals surface area contributed by atoms with E-state index < -0.39 is 0 Å².